The summed E-state index contributed by atoms with van der Waals surface area (Å²) in [4.78, 5) is 10.4. The Balaban J connectivity index is 3.33. The molecule has 0 aliphatic heterocycles. The summed E-state index contributed by atoms with van der Waals surface area (Å²) >= 11 is 0. The molecule has 0 aromatic heterocycles. The lowest BCUT2D eigenvalue weighted by atomic mass is 10.5. The minimum atomic E-state index is -0.130. The number of amides is 1. The van der Waals surface area contributed by atoms with Crippen LogP contribution in [0.2, 0.25) is 0 Å². The van der Waals surface area contributed by atoms with E-state index in [0.29, 0.717) is 0 Å². The van der Waals surface area contributed by atoms with Crippen LogP contribution in [-0.4, -0.2) is 13.0 Å². The lowest BCUT2D eigenvalue weighted by Gasteiger charge is -1.93. The first-order valence-corrected chi connectivity index (χ1v) is 2.40. The van der Waals surface area contributed by atoms with Crippen LogP contribution < -0.4 is 10.9 Å². The van der Waals surface area contributed by atoms with Crippen LogP contribution in [0, 0.1) is 0 Å². The molecule has 46 valence electrons. The van der Waals surface area contributed by atoms with Gasteiger partial charge in [-0.3, -0.25) is 10.2 Å². The topological polar surface area (TPSA) is 41.1 Å². The molecular formula is C5H10N2O. The molecule has 0 aliphatic rings. The standard InChI is InChI=1S/C5H10N2O/c1-3-4-5(8)7-6-2/h3-4,6H,1-2H3,(H,7,8). The molecule has 0 saturated carbocycles. The second-order valence-corrected chi connectivity index (χ2v) is 1.24. The molecular weight excluding hydrogens is 104 g/mol. The van der Waals surface area contributed by atoms with Gasteiger partial charge in [0.05, 0.1) is 0 Å². The summed E-state index contributed by atoms with van der Waals surface area (Å²) in [5, 5.41) is 0. The summed E-state index contributed by atoms with van der Waals surface area (Å²) in [5.41, 5.74) is 4.87. The van der Waals surface area contributed by atoms with Crippen molar-refractivity contribution in [2.75, 3.05) is 7.05 Å². The maximum absolute atomic E-state index is 10.4. The van der Waals surface area contributed by atoms with Crippen LogP contribution in [0.15, 0.2) is 12.2 Å². The molecule has 0 saturated heterocycles. The van der Waals surface area contributed by atoms with Crippen LogP contribution in [0.25, 0.3) is 0 Å². The Morgan fingerprint density at radius 2 is 2.25 bits per heavy atom. The van der Waals surface area contributed by atoms with Crippen molar-refractivity contribution in [3.05, 3.63) is 12.2 Å². The van der Waals surface area contributed by atoms with Gasteiger partial charge in [-0.1, -0.05) is 6.08 Å². The van der Waals surface area contributed by atoms with Gasteiger partial charge in [0, 0.05) is 7.05 Å². The molecule has 3 heteroatoms. The monoisotopic (exact) mass is 114 g/mol. The van der Waals surface area contributed by atoms with Gasteiger partial charge in [0.2, 0.25) is 0 Å². The van der Waals surface area contributed by atoms with Crippen molar-refractivity contribution < 1.29 is 4.79 Å². The summed E-state index contributed by atoms with van der Waals surface area (Å²) in [5.74, 6) is -0.130. The Kier molecular flexibility index (Phi) is 3.88. The molecule has 0 rings (SSSR count). The zero-order chi connectivity index (χ0) is 6.41. The molecule has 0 radical (unpaired) electrons. The maximum atomic E-state index is 10.4. The number of allylic oxidation sites excluding steroid dienone is 1. The molecule has 0 bridgehead atoms. The highest BCUT2D eigenvalue weighted by atomic mass is 16.2. The highest BCUT2D eigenvalue weighted by molar-refractivity contribution is 5.86. The Morgan fingerprint density at radius 3 is 2.62 bits per heavy atom. The molecule has 1 amide bonds. The molecule has 0 aromatic carbocycles. The average molecular weight is 114 g/mol. The van der Waals surface area contributed by atoms with Gasteiger partial charge in [-0.15, -0.1) is 0 Å². The molecule has 0 fully saturated rings. The number of nitrogens with one attached hydrogen (secondary N) is 2. The second-order valence-electron chi connectivity index (χ2n) is 1.24. The van der Waals surface area contributed by atoms with Gasteiger partial charge >= 0.3 is 0 Å². The van der Waals surface area contributed by atoms with E-state index in [0.717, 1.165) is 0 Å². The summed E-state index contributed by atoms with van der Waals surface area (Å²) in [6.07, 6.45) is 3.11. The lowest BCUT2D eigenvalue weighted by Crippen LogP contribution is -2.32. The second kappa shape index (κ2) is 4.33. The van der Waals surface area contributed by atoms with E-state index in [9.17, 15) is 4.79 Å². The van der Waals surface area contributed by atoms with Crippen LogP contribution in [-0.2, 0) is 4.79 Å². The first-order chi connectivity index (χ1) is 3.81. The van der Waals surface area contributed by atoms with Crippen molar-refractivity contribution >= 4 is 5.91 Å². The molecule has 0 heterocycles. The minimum absolute atomic E-state index is 0.130. The van der Waals surface area contributed by atoms with E-state index in [4.69, 9.17) is 0 Å². The van der Waals surface area contributed by atoms with Crippen LogP contribution in [0.1, 0.15) is 6.92 Å². The number of hydrazine groups is 1. The van der Waals surface area contributed by atoms with Crippen LogP contribution >= 0.6 is 0 Å². The third kappa shape index (κ3) is 3.36. The van der Waals surface area contributed by atoms with E-state index >= 15 is 0 Å². The summed E-state index contributed by atoms with van der Waals surface area (Å²) in [6.45, 7) is 1.79. The maximum Gasteiger partial charge on any atom is 0.257 e. The first-order valence-electron chi connectivity index (χ1n) is 2.40. The normalized spacial score (nSPS) is 9.75. The fourth-order valence-electron chi connectivity index (χ4n) is 0.316. The zero-order valence-electron chi connectivity index (χ0n) is 5.06. The van der Waals surface area contributed by atoms with Gasteiger partial charge in [-0.2, -0.15) is 0 Å². The van der Waals surface area contributed by atoms with Gasteiger partial charge in [0.25, 0.3) is 5.91 Å². The van der Waals surface area contributed by atoms with E-state index < -0.39 is 0 Å². The molecule has 0 aliphatic carbocycles. The third-order valence-electron chi connectivity index (χ3n) is 0.566. The molecule has 8 heavy (non-hydrogen) atoms. The van der Waals surface area contributed by atoms with E-state index in [1.165, 1.54) is 6.08 Å². The van der Waals surface area contributed by atoms with Crippen molar-refractivity contribution in [3.8, 4) is 0 Å². The van der Waals surface area contributed by atoms with Crippen molar-refractivity contribution in [2.45, 2.75) is 6.92 Å². The average Bonchev–Trinajstić information content (AvgIpc) is 1.68. The van der Waals surface area contributed by atoms with E-state index in [2.05, 4.69) is 10.9 Å². The summed E-state index contributed by atoms with van der Waals surface area (Å²) < 4.78 is 0. The van der Waals surface area contributed by atoms with E-state index in [-0.39, 0.29) is 5.91 Å². The molecule has 2 N–H and O–H groups in total. The number of carbonyl (C=O) groups is 1. The Morgan fingerprint density at radius 1 is 1.62 bits per heavy atom. The van der Waals surface area contributed by atoms with Crippen LogP contribution in [0.4, 0.5) is 0 Å². The minimum Gasteiger partial charge on any atom is -0.288 e. The SMILES string of the molecule is CC=CC(=O)NNC. The quantitative estimate of drug-likeness (QED) is 0.386. The van der Waals surface area contributed by atoms with Crippen LogP contribution in [0.3, 0.4) is 0 Å². The highest BCUT2D eigenvalue weighted by Crippen LogP contribution is 1.66. The lowest BCUT2D eigenvalue weighted by molar-refractivity contribution is -0.117. The summed E-state index contributed by atoms with van der Waals surface area (Å²) in [6, 6.07) is 0. The fraction of sp³-hybridized carbons (Fsp3) is 0.400. The number of carbonyl (C=O) groups excluding carboxylic acids is 1. The van der Waals surface area contributed by atoms with Gasteiger partial charge in [0.1, 0.15) is 0 Å². The molecule has 0 atom stereocenters. The van der Waals surface area contributed by atoms with Crippen LogP contribution in [0.5, 0.6) is 0 Å². The number of hydrogen-bond donors (Lipinski definition) is 2. The van der Waals surface area contributed by atoms with Crippen molar-refractivity contribution in [1.82, 2.24) is 10.9 Å². The Hall–Kier alpha value is -0.830. The van der Waals surface area contributed by atoms with Crippen molar-refractivity contribution in [3.63, 3.8) is 0 Å². The van der Waals surface area contributed by atoms with Gasteiger partial charge in [0.15, 0.2) is 0 Å². The Bertz CT molecular complexity index is 98.6. The Labute approximate surface area is 48.7 Å². The smallest absolute Gasteiger partial charge is 0.257 e. The van der Waals surface area contributed by atoms with Gasteiger partial charge in [-0.25, -0.2) is 5.43 Å². The van der Waals surface area contributed by atoms with E-state index in [1.807, 2.05) is 0 Å². The molecule has 0 aromatic rings. The highest BCUT2D eigenvalue weighted by Gasteiger charge is 1.85. The van der Waals surface area contributed by atoms with Gasteiger partial charge in [-0.05, 0) is 13.0 Å². The number of rotatable bonds is 2. The predicted molar refractivity (Wildman–Crippen MR) is 32.0 cm³/mol. The van der Waals surface area contributed by atoms with Crippen molar-refractivity contribution in [2.24, 2.45) is 0 Å². The molecule has 0 unspecified atom stereocenters. The zero-order valence-corrected chi connectivity index (χ0v) is 5.06. The van der Waals surface area contributed by atoms with Crippen molar-refractivity contribution in [1.29, 1.82) is 0 Å². The van der Waals surface area contributed by atoms with Gasteiger partial charge < -0.3 is 0 Å². The largest absolute Gasteiger partial charge is 0.288 e. The third-order valence-corrected chi connectivity index (χ3v) is 0.566. The fourth-order valence-corrected chi connectivity index (χ4v) is 0.316. The number of hydrogen-bond acceptors (Lipinski definition) is 2. The van der Waals surface area contributed by atoms with E-state index in [1.54, 1.807) is 20.0 Å². The summed E-state index contributed by atoms with van der Waals surface area (Å²) in [7, 11) is 1.64. The predicted octanol–water partition coefficient (Wildman–Crippen LogP) is -0.187. The molecule has 3 nitrogen and oxygen atoms in total. The molecule has 0 spiro atoms. The first kappa shape index (κ1) is 7.17.